The molecule has 1 amide bonds. The Morgan fingerprint density at radius 1 is 1.19 bits per heavy atom. The number of ether oxygens (including phenoxy) is 2. The molecule has 26 heavy (non-hydrogen) atoms. The number of rotatable bonds is 5. The van der Waals surface area contributed by atoms with Gasteiger partial charge >= 0.3 is 0 Å². The molecule has 0 spiro atoms. The molecular formula is C20H24N2O4. The molecule has 138 valence electrons. The Balaban J connectivity index is 1.86. The maximum absolute atomic E-state index is 12.9. The van der Waals surface area contributed by atoms with Crippen LogP contribution in [0, 0.1) is 6.92 Å². The number of nitrogens with zero attached hydrogens (tertiary/aromatic N) is 2. The van der Waals surface area contributed by atoms with Crippen LogP contribution in [0.15, 0.2) is 41.3 Å². The SMILES string of the molecule is COc1ccc(OC)c([C@H]2CCCN2C(=O)Cn2ccc(C)cc2=O)c1. The Kier molecular flexibility index (Phi) is 5.30. The van der Waals surface area contributed by atoms with E-state index in [0.29, 0.717) is 6.54 Å². The van der Waals surface area contributed by atoms with Crippen molar-refractivity contribution in [1.29, 1.82) is 0 Å². The van der Waals surface area contributed by atoms with Crippen molar-refractivity contribution in [3.63, 3.8) is 0 Å². The lowest BCUT2D eigenvalue weighted by Gasteiger charge is -2.27. The first-order valence-electron chi connectivity index (χ1n) is 8.72. The van der Waals surface area contributed by atoms with Gasteiger partial charge in [-0.1, -0.05) is 0 Å². The maximum Gasteiger partial charge on any atom is 0.251 e. The van der Waals surface area contributed by atoms with Crippen LogP contribution in [0.4, 0.5) is 0 Å². The highest BCUT2D eigenvalue weighted by molar-refractivity contribution is 5.77. The topological polar surface area (TPSA) is 60.8 Å². The van der Waals surface area contributed by atoms with E-state index in [0.717, 1.165) is 35.5 Å². The summed E-state index contributed by atoms with van der Waals surface area (Å²) in [7, 11) is 3.24. The summed E-state index contributed by atoms with van der Waals surface area (Å²) in [5, 5.41) is 0. The highest BCUT2D eigenvalue weighted by Gasteiger charge is 2.32. The van der Waals surface area contributed by atoms with Gasteiger partial charge in [0, 0.05) is 24.4 Å². The van der Waals surface area contributed by atoms with Gasteiger partial charge in [-0.15, -0.1) is 0 Å². The molecule has 2 heterocycles. The van der Waals surface area contributed by atoms with Crippen LogP contribution >= 0.6 is 0 Å². The zero-order chi connectivity index (χ0) is 18.7. The van der Waals surface area contributed by atoms with Crippen LogP contribution in [0.3, 0.4) is 0 Å². The number of aryl methyl sites for hydroxylation is 1. The van der Waals surface area contributed by atoms with Gasteiger partial charge in [0.15, 0.2) is 0 Å². The zero-order valence-electron chi connectivity index (χ0n) is 15.4. The minimum atomic E-state index is -0.159. The van der Waals surface area contributed by atoms with E-state index in [2.05, 4.69) is 0 Å². The van der Waals surface area contributed by atoms with E-state index in [9.17, 15) is 9.59 Å². The third-order valence-corrected chi connectivity index (χ3v) is 4.83. The fourth-order valence-corrected chi connectivity index (χ4v) is 3.46. The molecule has 0 radical (unpaired) electrons. The van der Waals surface area contributed by atoms with Gasteiger partial charge in [-0.2, -0.15) is 0 Å². The number of hydrogen-bond donors (Lipinski definition) is 0. The quantitative estimate of drug-likeness (QED) is 0.826. The summed E-state index contributed by atoms with van der Waals surface area (Å²) in [4.78, 5) is 26.8. The van der Waals surface area contributed by atoms with E-state index < -0.39 is 0 Å². The van der Waals surface area contributed by atoms with E-state index in [1.807, 2.05) is 36.1 Å². The van der Waals surface area contributed by atoms with Gasteiger partial charge in [-0.25, -0.2) is 0 Å². The monoisotopic (exact) mass is 356 g/mol. The number of carbonyl (C=O) groups is 1. The van der Waals surface area contributed by atoms with Gasteiger partial charge in [-0.05, 0) is 49.6 Å². The Bertz CT molecular complexity index is 859. The van der Waals surface area contributed by atoms with Gasteiger partial charge in [0.2, 0.25) is 5.91 Å². The van der Waals surface area contributed by atoms with E-state index >= 15 is 0 Å². The van der Waals surface area contributed by atoms with Crippen molar-refractivity contribution in [2.45, 2.75) is 32.4 Å². The molecule has 6 heteroatoms. The van der Waals surface area contributed by atoms with Gasteiger partial charge in [0.05, 0.1) is 20.3 Å². The normalized spacial score (nSPS) is 16.6. The molecule has 6 nitrogen and oxygen atoms in total. The lowest BCUT2D eigenvalue weighted by Crippen LogP contribution is -2.36. The third kappa shape index (κ3) is 3.59. The average Bonchev–Trinajstić information content (AvgIpc) is 3.13. The van der Waals surface area contributed by atoms with Crippen molar-refractivity contribution in [1.82, 2.24) is 9.47 Å². The van der Waals surface area contributed by atoms with Crippen LogP contribution in [0.2, 0.25) is 0 Å². The molecule has 1 aliphatic rings. The summed E-state index contributed by atoms with van der Waals surface area (Å²) in [6.45, 7) is 2.57. The van der Waals surface area contributed by atoms with Crippen LogP contribution in [0.1, 0.15) is 30.0 Å². The lowest BCUT2D eigenvalue weighted by molar-refractivity contribution is -0.132. The Morgan fingerprint density at radius 2 is 2.00 bits per heavy atom. The molecule has 1 aromatic heterocycles. The molecule has 1 aromatic carbocycles. The summed E-state index contributed by atoms with van der Waals surface area (Å²) >= 11 is 0. The average molecular weight is 356 g/mol. The van der Waals surface area contributed by atoms with Gasteiger partial charge in [0.25, 0.3) is 5.56 Å². The van der Waals surface area contributed by atoms with Gasteiger partial charge < -0.3 is 18.9 Å². The first kappa shape index (κ1) is 18.0. The molecule has 0 N–H and O–H groups in total. The van der Waals surface area contributed by atoms with Crippen LogP contribution in [-0.4, -0.2) is 36.1 Å². The van der Waals surface area contributed by atoms with Crippen molar-refractivity contribution in [2.75, 3.05) is 20.8 Å². The second kappa shape index (κ2) is 7.64. The third-order valence-electron chi connectivity index (χ3n) is 4.83. The predicted molar refractivity (Wildman–Crippen MR) is 98.7 cm³/mol. The second-order valence-electron chi connectivity index (χ2n) is 6.52. The summed E-state index contributed by atoms with van der Waals surface area (Å²) in [5.74, 6) is 1.40. The van der Waals surface area contributed by atoms with Crippen LogP contribution in [0.5, 0.6) is 11.5 Å². The summed E-state index contributed by atoms with van der Waals surface area (Å²) in [5.41, 5.74) is 1.67. The molecule has 0 saturated carbocycles. The molecule has 1 atom stereocenters. The molecule has 0 aliphatic carbocycles. The first-order valence-corrected chi connectivity index (χ1v) is 8.72. The van der Waals surface area contributed by atoms with E-state index in [1.165, 1.54) is 4.57 Å². The standard InChI is InChI=1S/C20H24N2O4/c1-14-8-10-21(19(23)11-14)13-20(24)22-9-4-5-17(22)16-12-15(25-2)6-7-18(16)26-3/h6-8,10-12,17H,4-5,9,13H2,1-3H3/t17-/m1/s1. The van der Waals surface area contributed by atoms with Crippen molar-refractivity contribution >= 4 is 5.91 Å². The van der Waals surface area contributed by atoms with Gasteiger partial charge in [-0.3, -0.25) is 9.59 Å². The van der Waals surface area contributed by atoms with Crippen molar-refractivity contribution in [2.24, 2.45) is 0 Å². The van der Waals surface area contributed by atoms with Crippen LogP contribution in [-0.2, 0) is 11.3 Å². The molecule has 1 aliphatic heterocycles. The number of aromatic nitrogens is 1. The van der Waals surface area contributed by atoms with E-state index in [-0.39, 0.29) is 24.1 Å². The highest BCUT2D eigenvalue weighted by atomic mass is 16.5. The number of likely N-dealkylation sites (tertiary alicyclic amines) is 1. The smallest absolute Gasteiger partial charge is 0.251 e. The number of benzene rings is 1. The number of carbonyl (C=O) groups excluding carboxylic acids is 1. The fourth-order valence-electron chi connectivity index (χ4n) is 3.46. The molecule has 1 fully saturated rings. The van der Waals surface area contributed by atoms with Crippen LogP contribution < -0.4 is 15.0 Å². The predicted octanol–water partition coefficient (Wildman–Crippen LogP) is 2.54. The fraction of sp³-hybridized carbons (Fsp3) is 0.400. The Labute approximate surface area is 153 Å². The number of hydrogen-bond acceptors (Lipinski definition) is 4. The first-order chi connectivity index (χ1) is 12.5. The van der Waals surface area contributed by atoms with E-state index in [4.69, 9.17) is 9.47 Å². The van der Waals surface area contributed by atoms with Crippen molar-refractivity contribution in [3.8, 4) is 11.5 Å². The number of methoxy groups -OCH3 is 2. The highest BCUT2D eigenvalue weighted by Crippen LogP contribution is 2.38. The molecule has 0 bridgehead atoms. The number of pyridine rings is 1. The largest absolute Gasteiger partial charge is 0.497 e. The lowest BCUT2D eigenvalue weighted by atomic mass is 10.0. The zero-order valence-corrected chi connectivity index (χ0v) is 15.4. The Hall–Kier alpha value is -2.76. The van der Waals surface area contributed by atoms with Gasteiger partial charge in [0.1, 0.15) is 18.0 Å². The van der Waals surface area contributed by atoms with E-state index in [1.54, 1.807) is 26.5 Å². The van der Waals surface area contributed by atoms with Crippen molar-refractivity contribution < 1.29 is 14.3 Å². The minimum absolute atomic E-state index is 0.0435. The molecular weight excluding hydrogens is 332 g/mol. The van der Waals surface area contributed by atoms with Crippen molar-refractivity contribution in [3.05, 3.63) is 58.0 Å². The second-order valence-corrected chi connectivity index (χ2v) is 6.52. The summed E-state index contributed by atoms with van der Waals surface area (Å²) < 4.78 is 12.3. The number of amides is 1. The molecule has 3 rings (SSSR count). The molecule has 2 aromatic rings. The molecule has 1 saturated heterocycles. The minimum Gasteiger partial charge on any atom is -0.497 e. The Morgan fingerprint density at radius 3 is 2.69 bits per heavy atom. The summed E-state index contributed by atoms with van der Waals surface area (Å²) in [6, 6.07) is 8.93. The van der Waals surface area contributed by atoms with Crippen LogP contribution in [0.25, 0.3) is 0 Å². The summed E-state index contributed by atoms with van der Waals surface area (Å²) in [6.07, 6.45) is 3.45. The molecule has 0 unspecified atom stereocenters. The maximum atomic E-state index is 12.9.